The summed E-state index contributed by atoms with van der Waals surface area (Å²) < 4.78 is 28.7. The molecule has 190 valence electrons. The van der Waals surface area contributed by atoms with Crippen molar-refractivity contribution in [3.05, 3.63) is 96.6 Å². The van der Waals surface area contributed by atoms with Crippen LogP contribution < -0.4 is 23.7 Å². The van der Waals surface area contributed by atoms with Gasteiger partial charge in [0.25, 0.3) is 0 Å². The van der Waals surface area contributed by atoms with Crippen LogP contribution in [-0.4, -0.2) is 26.1 Å². The highest BCUT2D eigenvalue weighted by atomic mass is 16.7. The van der Waals surface area contributed by atoms with Gasteiger partial charge in [-0.3, -0.25) is 0 Å². The summed E-state index contributed by atoms with van der Waals surface area (Å²) in [5, 5.41) is 13.3. The van der Waals surface area contributed by atoms with E-state index in [1.807, 2.05) is 91.0 Å². The molecular formula is C32H26O6. The van der Waals surface area contributed by atoms with Crippen LogP contribution in [0.3, 0.4) is 0 Å². The lowest BCUT2D eigenvalue weighted by atomic mass is 9.89. The van der Waals surface area contributed by atoms with E-state index in [-0.39, 0.29) is 12.5 Å². The maximum absolute atomic E-state index is 11.8. The number of rotatable bonds is 7. The number of para-hydroxylation sites is 1. The highest BCUT2D eigenvalue weighted by Crippen LogP contribution is 2.51. The van der Waals surface area contributed by atoms with Gasteiger partial charge in [-0.2, -0.15) is 0 Å². The predicted molar refractivity (Wildman–Crippen MR) is 146 cm³/mol. The first-order valence-electron chi connectivity index (χ1n) is 12.2. The zero-order chi connectivity index (χ0) is 26.1. The number of phenolic OH excluding ortho intramolecular Hbond substituents is 1. The van der Waals surface area contributed by atoms with Crippen molar-refractivity contribution in [2.24, 2.45) is 0 Å². The van der Waals surface area contributed by atoms with Gasteiger partial charge in [0, 0.05) is 28.1 Å². The van der Waals surface area contributed by atoms with Gasteiger partial charge in [-0.1, -0.05) is 54.6 Å². The zero-order valence-corrected chi connectivity index (χ0v) is 21.1. The van der Waals surface area contributed by atoms with Gasteiger partial charge in [0.2, 0.25) is 6.79 Å². The first-order chi connectivity index (χ1) is 18.7. The van der Waals surface area contributed by atoms with E-state index >= 15 is 0 Å². The summed E-state index contributed by atoms with van der Waals surface area (Å²) in [6.07, 6.45) is 0. The quantitative estimate of drug-likeness (QED) is 0.252. The number of hydrogen-bond acceptors (Lipinski definition) is 6. The number of methoxy groups -OCH3 is 2. The molecule has 0 unspecified atom stereocenters. The van der Waals surface area contributed by atoms with E-state index in [1.165, 1.54) is 0 Å². The summed E-state index contributed by atoms with van der Waals surface area (Å²) >= 11 is 0. The van der Waals surface area contributed by atoms with Crippen molar-refractivity contribution < 1.29 is 28.8 Å². The Labute approximate surface area is 220 Å². The Morgan fingerprint density at radius 1 is 0.711 bits per heavy atom. The molecule has 38 heavy (non-hydrogen) atoms. The third kappa shape index (κ3) is 4.20. The number of fused-ring (bicyclic) bond motifs is 2. The Balaban J connectivity index is 1.55. The van der Waals surface area contributed by atoms with Gasteiger partial charge in [-0.25, -0.2) is 0 Å². The molecule has 1 aliphatic rings. The molecule has 0 atom stereocenters. The molecule has 1 N–H and O–H groups in total. The van der Waals surface area contributed by atoms with Gasteiger partial charge in [0.15, 0.2) is 11.5 Å². The summed E-state index contributed by atoms with van der Waals surface area (Å²) in [5.41, 5.74) is 3.97. The Kier molecular flexibility index (Phi) is 6.14. The topological polar surface area (TPSA) is 66.4 Å². The molecule has 0 radical (unpaired) electrons. The lowest BCUT2D eigenvalue weighted by Gasteiger charge is -2.19. The summed E-state index contributed by atoms with van der Waals surface area (Å²) in [6.45, 7) is 0.578. The summed E-state index contributed by atoms with van der Waals surface area (Å²) in [4.78, 5) is 0. The van der Waals surface area contributed by atoms with E-state index in [1.54, 1.807) is 14.2 Å². The van der Waals surface area contributed by atoms with E-state index in [2.05, 4.69) is 0 Å². The molecule has 0 saturated carbocycles. The molecular weight excluding hydrogens is 480 g/mol. The van der Waals surface area contributed by atoms with Gasteiger partial charge in [-0.05, 0) is 46.8 Å². The van der Waals surface area contributed by atoms with Gasteiger partial charge in [-0.15, -0.1) is 0 Å². The number of aromatic hydroxyl groups is 1. The highest BCUT2D eigenvalue weighted by Gasteiger charge is 2.25. The van der Waals surface area contributed by atoms with E-state index in [4.69, 9.17) is 23.7 Å². The molecule has 0 fully saturated rings. The second-order valence-corrected chi connectivity index (χ2v) is 8.91. The van der Waals surface area contributed by atoms with Gasteiger partial charge < -0.3 is 28.8 Å². The third-order valence-electron chi connectivity index (χ3n) is 6.70. The summed E-state index contributed by atoms with van der Waals surface area (Å²) in [7, 11) is 3.23. The highest BCUT2D eigenvalue weighted by molar-refractivity contribution is 6.04. The van der Waals surface area contributed by atoms with Crippen LogP contribution in [0, 0.1) is 0 Å². The molecule has 5 aromatic carbocycles. The lowest BCUT2D eigenvalue weighted by Crippen LogP contribution is -1.96. The van der Waals surface area contributed by atoms with Crippen molar-refractivity contribution in [2.45, 2.75) is 6.61 Å². The first kappa shape index (κ1) is 23.6. The SMILES string of the molecule is COc1cc2c(cc1-c1cc3ccc(OCc4ccccc4)cc3c(O)c1-c1ccccc1OC)OCO2. The molecule has 0 aromatic heterocycles. The molecule has 0 saturated heterocycles. The molecule has 1 aliphatic heterocycles. The minimum Gasteiger partial charge on any atom is -0.507 e. The van der Waals surface area contributed by atoms with Crippen LogP contribution in [0.2, 0.25) is 0 Å². The molecule has 6 nitrogen and oxygen atoms in total. The molecule has 0 aliphatic carbocycles. The molecule has 6 rings (SSSR count). The van der Waals surface area contributed by atoms with Crippen LogP contribution in [0.1, 0.15) is 5.56 Å². The second-order valence-electron chi connectivity index (χ2n) is 8.91. The summed E-state index contributed by atoms with van der Waals surface area (Å²) in [6, 6.07) is 29.1. The van der Waals surface area contributed by atoms with Crippen molar-refractivity contribution in [1.29, 1.82) is 0 Å². The number of ether oxygens (including phenoxy) is 5. The van der Waals surface area contributed by atoms with Crippen LogP contribution in [0.4, 0.5) is 0 Å². The normalized spacial score (nSPS) is 11.9. The van der Waals surface area contributed by atoms with Crippen LogP contribution in [0.25, 0.3) is 33.0 Å². The first-order valence-corrected chi connectivity index (χ1v) is 12.2. The Bertz CT molecular complexity index is 1630. The van der Waals surface area contributed by atoms with Gasteiger partial charge >= 0.3 is 0 Å². The fourth-order valence-electron chi connectivity index (χ4n) is 4.83. The molecule has 6 heteroatoms. The predicted octanol–water partition coefficient (Wildman–Crippen LogP) is 7.20. The maximum Gasteiger partial charge on any atom is 0.231 e. The van der Waals surface area contributed by atoms with Crippen LogP contribution in [0.15, 0.2) is 91.0 Å². The Morgan fingerprint density at radius 2 is 1.45 bits per heavy atom. The van der Waals surface area contributed by atoms with E-state index in [9.17, 15) is 5.11 Å². The zero-order valence-electron chi connectivity index (χ0n) is 21.1. The smallest absolute Gasteiger partial charge is 0.231 e. The number of phenols is 1. The number of benzene rings is 5. The Morgan fingerprint density at radius 3 is 2.24 bits per heavy atom. The second kappa shape index (κ2) is 9.90. The van der Waals surface area contributed by atoms with Crippen molar-refractivity contribution in [3.8, 4) is 56.8 Å². The van der Waals surface area contributed by atoms with Crippen molar-refractivity contribution >= 4 is 10.8 Å². The van der Waals surface area contributed by atoms with Crippen LogP contribution in [0.5, 0.6) is 34.5 Å². The van der Waals surface area contributed by atoms with Crippen molar-refractivity contribution in [3.63, 3.8) is 0 Å². The van der Waals surface area contributed by atoms with E-state index < -0.39 is 0 Å². The average Bonchev–Trinajstić information content (AvgIpc) is 3.43. The molecule has 0 spiro atoms. The molecule has 1 heterocycles. The minimum atomic E-state index is 0.117. The molecule has 0 amide bonds. The lowest BCUT2D eigenvalue weighted by molar-refractivity contribution is 0.174. The fraction of sp³-hybridized carbons (Fsp3) is 0.125. The van der Waals surface area contributed by atoms with Crippen LogP contribution >= 0.6 is 0 Å². The third-order valence-corrected chi connectivity index (χ3v) is 6.70. The summed E-state index contributed by atoms with van der Waals surface area (Å²) in [5.74, 6) is 3.26. The van der Waals surface area contributed by atoms with Crippen molar-refractivity contribution in [1.82, 2.24) is 0 Å². The minimum absolute atomic E-state index is 0.117. The average molecular weight is 507 g/mol. The largest absolute Gasteiger partial charge is 0.507 e. The maximum atomic E-state index is 11.8. The monoisotopic (exact) mass is 506 g/mol. The van der Waals surface area contributed by atoms with Crippen LogP contribution in [-0.2, 0) is 6.61 Å². The number of hydrogen-bond donors (Lipinski definition) is 1. The van der Waals surface area contributed by atoms with E-state index in [0.717, 1.165) is 27.6 Å². The fourth-order valence-corrected chi connectivity index (χ4v) is 4.83. The van der Waals surface area contributed by atoms with Gasteiger partial charge in [0.05, 0.1) is 14.2 Å². The van der Waals surface area contributed by atoms with Gasteiger partial charge in [0.1, 0.15) is 29.6 Å². The van der Waals surface area contributed by atoms with Crippen molar-refractivity contribution in [2.75, 3.05) is 21.0 Å². The molecule has 0 bridgehead atoms. The molecule has 5 aromatic rings. The standard InChI is InChI=1S/C32H26O6/c1-34-27-11-7-6-10-23(27)31-26(25-16-29-30(38-19-37-29)17-28(25)35-2)14-21-12-13-22(15-24(21)32(31)33)36-18-20-8-4-3-5-9-20/h3-17,33H,18-19H2,1-2H3. The Hall–Kier alpha value is -4.84. The van der Waals surface area contributed by atoms with E-state index in [0.29, 0.717) is 46.3 Å².